The highest BCUT2D eigenvalue weighted by molar-refractivity contribution is 6.01. The number of carbonyl (C=O) groups excluding carboxylic acids is 1. The second kappa shape index (κ2) is 10.5. The molecule has 4 heteroatoms. The van der Waals surface area contributed by atoms with E-state index < -0.39 is 0 Å². The van der Waals surface area contributed by atoms with Gasteiger partial charge in [-0.05, 0) is 96.0 Å². The van der Waals surface area contributed by atoms with Gasteiger partial charge in [-0.2, -0.15) is 0 Å². The molecule has 0 radical (unpaired) electrons. The summed E-state index contributed by atoms with van der Waals surface area (Å²) in [6, 6.07) is 21.2. The maximum atomic E-state index is 13.6. The van der Waals surface area contributed by atoms with E-state index in [0.717, 1.165) is 40.9 Å². The van der Waals surface area contributed by atoms with Gasteiger partial charge in [-0.25, -0.2) is 4.39 Å². The van der Waals surface area contributed by atoms with Crippen LogP contribution in [0.2, 0.25) is 0 Å². The number of fused-ring (bicyclic) bond motifs is 1. The molecule has 0 heterocycles. The summed E-state index contributed by atoms with van der Waals surface area (Å²) in [5, 5.41) is 0. The lowest BCUT2D eigenvalue weighted by molar-refractivity contribution is -0.125. The van der Waals surface area contributed by atoms with Crippen LogP contribution in [0.25, 0.3) is 17.2 Å². The Morgan fingerprint density at radius 3 is 2.26 bits per heavy atom. The number of nitrogens with zero attached hydrogens (tertiary/aromatic N) is 1. The van der Waals surface area contributed by atoms with Gasteiger partial charge >= 0.3 is 0 Å². The quantitative estimate of drug-likeness (QED) is 0.375. The van der Waals surface area contributed by atoms with Crippen LogP contribution in [0.5, 0.6) is 5.75 Å². The summed E-state index contributed by atoms with van der Waals surface area (Å²) < 4.78 is 19.0. The minimum atomic E-state index is -0.234. The van der Waals surface area contributed by atoms with Crippen molar-refractivity contribution < 1.29 is 13.9 Å². The van der Waals surface area contributed by atoms with Crippen molar-refractivity contribution in [2.45, 2.75) is 26.7 Å². The average molecular weight is 456 g/mol. The first-order chi connectivity index (χ1) is 16.5. The van der Waals surface area contributed by atoms with Gasteiger partial charge in [0.25, 0.3) is 0 Å². The van der Waals surface area contributed by atoms with Crippen LogP contribution in [0.1, 0.15) is 48.1 Å². The van der Waals surface area contributed by atoms with E-state index in [9.17, 15) is 9.18 Å². The van der Waals surface area contributed by atoms with E-state index in [1.165, 1.54) is 28.8 Å². The molecule has 0 aliphatic heterocycles. The largest absolute Gasteiger partial charge is 0.497 e. The SMILES string of the molecule is CCN(CC)C(=O)C=Cc1ccc(C2=C(c3ccc(F)cc3)CCc3cc(OC)ccc32)cc1. The fraction of sp³-hybridized carbons (Fsp3) is 0.233. The summed E-state index contributed by atoms with van der Waals surface area (Å²) in [6.07, 6.45) is 5.25. The summed E-state index contributed by atoms with van der Waals surface area (Å²) in [5.41, 5.74) is 7.88. The molecule has 34 heavy (non-hydrogen) atoms. The van der Waals surface area contributed by atoms with Crippen LogP contribution in [-0.4, -0.2) is 31.0 Å². The summed E-state index contributed by atoms with van der Waals surface area (Å²) >= 11 is 0. The highest BCUT2D eigenvalue weighted by Gasteiger charge is 2.22. The van der Waals surface area contributed by atoms with Crippen molar-refractivity contribution in [1.29, 1.82) is 0 Å². The standard InChI is InChI=1S/C30H30FNO2/c1-4-32(5-2)29(33)19-8-21-6-9-23(10-7-21)30-27(22-11-14-25(31)15-12-22)17-13-24-20-26(34-3)16-18-28(24)30/h6-12,14-16,18-20H,4-5,13,17H2,1-3H3. The number of rotatable bonds is 7. The number of hydrogen-bond donors (Lipinski definition) is 0. The van der Waals surface area contributed by atoms with E-state index in [4.69, 9.17) is 4.74 Å². The van der Waals surface area contributed by atoms with Crippen LogP contribution >= 0.6 is 0 Å². The number of benzene rings is 3. The monoisotopic (exact) mass is 455 g/mol. The molecular formula is C30H30FNO2. The first-order valence-electron chi connectivity index (χ1n) is 11.8. The van der Waals surface area contributed by atoms with Gasteiger partial charge in [-0.3, -0.25) is 4.79 Å². The number of amides is 1. The molecule has 0 atom stereocenters. The number of methoxy groups -OCH3 is 1. The molecule has 0 saturated heterocycles. The molecule has 4 rings (SSSR count). The third kappa shape index (κ3) is 4.96. The van der Waals surface area contributed by atoms with Crippen LogP contribution < -0.4 is 4.74 Å². The van der Waals surface area contributed by atoms with Crippen molar-refractivity contribution in [3.63, 3.8) is 0 Å². The Morgan fingerprint density at radius 1 is 0.941 bits per heavy atom. The van der Waals surface area contributed by atoms with Crippen LogP contribution in [0.3, 0.4) is 0 Å². The first kappa shape index (κ1) is 23.5. The van der Waals surface area contributed by atoms with Crippen molar-refractivity contribution in [2.75, 3.05) is 20.2 Å². The van der Waals surface area contributed by atoms with Gasteiger partial charge in [0.2, 0.25) is 5.91 Å². The van der Waals surface area contributed by atoms with Crippen molar-refractivity contribution in [3.8, 4) is 5.75 Å². The Bertz CT molecular complexity index is 1220. The fourth-order valence-electron chi connectivity index (χ4n) is 4.53. The number of allylic oxidation sites excluding steroid dienone is 1. The van der Waals surface area contributed by atoms with Gasteiger partial charge in [0.1, 0.15) is 11.6 Å². The maximum absolute atomic E-state index is 13.6. The van der Waals surface area contributed by atoms with Gasteiger partial charge in [-0.1, -0.05) is 42.5 Å². The summed E-state index contributed by atoms with van der Waals surface area (Å²) in [6.45, 7) is 5.36. The van der Waals surface area contributed by atoms with Crippen molar-refractivity contribution >= 4 is 23.1 Å². The number of likely N-dealkylation sites (N-methyl/N-ethyl adjacent to an activating group) is 1. The topological polar surface area (TPSA) is 29.5 Å². The molecule has 3 aromatic carbocycles. The van der Waals surface area contributed by atoms with Crippen LogP contribution in [0.4, 0.5) is 4.39 Å². The minimum Gasteiger partial charge on any atom is -0.497 e. The van der Waals surface area contributed by atoms with Gasteiger partial charge in [0.15, 0.2) is 0 Å². The second-order valence-corrected chi connectivity index (χ2v) is 8.35. The zero-order valence-corrected chi connectivity index (χ0v) is 20.0. The molecular weight excluding hydrogens is 425 g/mol. The molecule has 174 valence electrons. The van der Waals surface area contributed by atoms with Crippen LogP contribution in [0, 0.1) is 5.82 Å². The van der Waals surface area contributed by atoms with E-state index in [1.54, 1.807) is 18.1 Å². The number of hydrogen-bond acceptors (Lipinski definition) is 2. The Hall–Kier alpha value is -3.66. The highest BCUT2D eigenvalue weighted by atomic mass is 19.1. The molecule has 1 amide bonds. The molecule has 1 aliphatic rings. The Balaban J connectivity index is 1.74. The molecule has 0 spiro atoms. The van der Waals surface area contributed by atoms with Crippen molar-refractivity contribution in [3.05, 3.63) is 106 Å². The van der Waals surface area contributed by atoms with E-state index in [1.807, 2.05) is 50.3 Å². The van der Waals surface area contributed by atoms with E-state index in [2.05, 4.69) is 24.3 Å². The third-order valence-electron chi connectivity index (χ3n) is 6.41. The number of ether oxygens (including phenoxy) is 1. The summed E-state index contributed by atoms with van der Waals surface area (Å²) in [5.74, 6) is 0.634. The smallest absolute Gasteiger partial charge is 0.246 e. The molecule has 0 bridgehead atoms. The third-order valence-corrected chi connectivity index (χ3v) is 6.41. The summed E-state index contributed by atoms with van der Waals surface area (Å²) in [7, 11) is 1.68. The number of halogens is 1. The van der Waals surface area contributed by atoms with Crippen molar-refractivity contribution in [2.24, 2.45) is 0 Å². The predicted octanol–water partition coefficient (Wildman–Crippen LogP) is 6.62. The average Bonchev–Trinajstić information content (AvgIpc) is 2.88. The number of carbonyl (C=O) groups is 1. The van der Waals surface area contributed by atoms with Crippen LogP contribution in [0.15, 0.2) is 72.8 Å². The lowest BCUT2D eigenvalue weighted by Crippen LogP contribution is -2.28. The first-order valence-corrected chi connectivity index (χ1v) is 11.8. The van der Waals surface area contributed by atoms with Gasteiger partial charge < -0.3 is 9.64 Å². The molecule has 0 unspecified atom stereocenters. The molecule has 3 aromatic rings. The molecule has 0 saturated carbocycles. The maximum Gasteiger partial charge on any atom is 0.246 e. The lowest BCUT2D eigenvalue weighted by atomic mass is 9.79. The molecule has 1 aliphatic carbocycles. The minimum absolute atomic E-state index is 0.0190. The molecule has 0 fully saturated rings. The second-order valence-electron chi connectivity index (χ2n) is 8.35. The zero-order valence-electron chi connectivity index (χ0n) is 20.0. The van der Waals surface area contributed by atoms with Crippen molar-refractivity contribution in [1.82, 2.24) is 4.90 Å². The lowest BCUT2D eigenvalue weighted by Gasteiger charge is -2.25. The Labute approximate surface area is 201 Å². The van der Waals surface area contributed by atoms with E-state index in [-0.39, 0.29) is 11.7 Å². The predicted molar refractivity (Wildman–Crippen MR) is 137 cm³/mol. The highest BCUT2D eigenvalue weighted by Crippen LogP contribution is 2.41. The Morgan fingerprint density at radius 2 is 1.62 bits per heavy atom. The van der Waals surface area contributed by atoms with Gasteiger partial charge in [0.05, 0.1) is 7.11 Å². The molecule has 3 nitrogen and oxygen atoms in total. The molecule has 0 aromatic heterocycles. The van der Waals surface area contributed by atoms with E-state index in [0.29, 0.717) is 13.1 Å². The normalized spacial score (nSPS) is 13.2. The van der Waals surface area contributed by atoms with Gasteiger partial charge in [-0.15, -0.1) is 0 Å². The van der Waals surface area contributed by atoms with E-state index >= 15 is 0 Å². The van der Waals surface area contributed by atoms with Crippen LogP contribution in [-0.2, 0) is 11.2 Å². The zero-order chi connectivity index (χ0) is 24.1. The van der Waals surface area contributed by atoms with Gasteiger partial charge in [0, 0.05) is 19.2 Å². The Kier molecular flexibility index (Phi) is 7.27. The fourth-order valence-corrected chi connectivity index (χ4v) is 4.53. The number of aryl methyl sites for hydroxylation is 1. The summed E-state index contributed by atoms with van der Waals surface area (Å²) in [4.78, 5) is 14.1. The molecule has 0 N–H and O–H groups in total.